The second-order valence-electron chi connectivity index (χ2n) is 9.09. The summed E-state index contributed by atoms with van der Waals surface area (Å²) < 4.78 is 16.2. The van der Waals surface area contributed by atoms with Crippen LogP contribution in [0.4, 0.5) is 16.3 Å². The Hall–Kier alpha value is -4.40. The monoisotopic (exact) mass is 484 g/mol. The average Bonchev–Trinajstić information content (AvgIpc) is 3.27. The molecule has 2 aromatic heterocycles. The Morgan fingerprint density at radius 1 is 0.917 bits per heavy atom. The van der Waals surface area contributed by atoms with Gasteiger partial charge in [0.2, 0.25) is 11.9 Å². The molecule has 0 saturated carbocycles. The summed E-state index contributed by atoms with van der Waals surface area (Å²) in [5.74, 6) is 0.779. The summed E-state index contributed by atoms with van der Waals surface area (Å²) in [7, 11) is 0. The minimum absolute atomic E-state index is 0.0441. The van der Waals surface area contributed by atoms with Crippen molar-refractivity contribution in [3.63, 3.8) is 0 Å². The summed E-state index contributed by atoms with van der Waals surface area (Å²) in [6, 6.07) is 21.6. The molecule has 182 valence electrons. The third kappa shape index (κ3) is 4.02. The number of halogens is 1. The summed E-state index contributed by atoms with van der Waals surface area (Å²) in [5.41, 5.74) is 3.00. The van der Waals surface area contributed by atoms with E-state index in [0.29, 0.717) is 22.2 Å². The van der Waals surface area contributed by atoms with Crippen molar-refractivity contribution >= 4 is 33.8 Å². The van der Waals surface area contributed by atoms with Gasteiger partial charge in [0.15, 0.2) is 0 Å². The van der Waals surface area contributed by atoms with Crippen molar-refractivity contribution in [1.29, 1.82) is 0 Å². The van der Waals surface area contributed by atoms with E-state index in [1.54, 1.807) is 30.3 Å². The van der Waals surface area contributed by atoms with E-state index in [4.69, 9.17) is 4.98 Å². The highest BCUT2D eigenvalue weighted by Crippen LogP contribution is 2.27. The van der Waals surface area contributed by atoms with Gasteiger partial charge >= 0.3 is 0 Å². The fourth-order valence-corrected chi connectivity index (χ4v) is 4.86. The second kappa shape index (κ2) is 8.99. The Kier molecular flexibility index (Phi) is 5.52. The molecule has 0 spiro atoms. The molecule has 3 heterocycles. The maximum absolute atomic E-state index is 13.4. The minimum Gasteiger partial charge on any atom is -0.422 e. The number of aromatic nitrogens is 4. The third-order valence-electron chi connectivity index (χ3n) is 6.75. The van der Waals surface area contributed by atoms with Crippen LogP contribution in [0.2, 0.25) is 0 Å². The molecular formula is C27H25FN6O2. The van der Waals surface area contributed by atoms with E-state index >= 15 is 0 Å². The summed E-state index contributed by atoms with van der Waals surface area (Å²) in [6.45, 7) is 2.08. The van der Waals surface area contributed by atoms with Gasteiger partial charge in [-0.3, -0.25) is 4.79 Å². The highest BCUT2D eigenvalue weighted by atomic mass is 19.1. The summed E-state index contributed by atoms with van der Waals surface area (Å²) in [6.07, 6.45) is 1.56. The molecule has 0 aliphatic carbocycles. The van der Waals surface area contributed by atoms with E-state index in [1.807, 2.05) is 24.3 Å². The van der Waals surface area contributed by atoms with E-state index < -0.39 is 5.56 Å². The number of hydrogen-bond acceptors (Lipinski definition) is 6. The standard InChI is InChI=1S/C27H25FN6O2/c28-19-11-9-18(10-12-19)17-33-24-8-4-3-7-23(24)31-27(33)32-15-13-20(14-16-32)29-26-30-22-6-2-1-5-21(22)25(35)34(26)36/h1-12,20,36H,13-17H2,(H,29,30). The minimum atomic E-state index is -0.491. The van der Waals surface area contributed by atoms with E-state index in [0.717, 1.165) is 48.5 Å². The molecule has 1 saturated heterocycles. The number of para-hydroxylation sites is 3. The van der Waals surface area contributed by atoms with Crippen molar-refractivity contribution in [2.24, 2.45) is 0 Å². The van der Waals surface area contributed by atoms with Gasteiger partial charge in [0, 0.05) is 19.1 Å². The van der Waals surface area contributed by atoms with Crippen LogP contribution >= 0.6 is 0 Å². The van der Waals surface area contributed by atoms with Crippen LogP contribution in [-0.4, -0.2) is 43.6 Å². The highest BCUT2D eigenvalue weighted by Gasteiger charge is 2.25. The molecule has 1 aliphatic heterocycles. The zero-order chi connectivity index (χ0) is 24.6. The maximum atomic E-state index is 13.4. The van der Waals surface area contributed by atoms with Gasteiger partial charge in [-0.25, -0.2) is 14.4 Å². The van der Waals surface area contributed by atoms with Crippen molar-refractivity contribution in [2.45, 2.75) is 25.4 Å². The molecule has 0 radical (unpaired) electrons. The number of rotatable bonds is 5. The van der Waals surface area contributed by atoms with Crippen LogP contribution in [0.5, 0.6) is 0 Å². The molecule has 8 nitrogen and oxygen atoms in total. The molecule has 0 unspecified atom stereocenters. The molecule has 0 atom stereocenters. The molecule has 1 aliphatic rings. The largest absolute Gasteiger partial charge is 0.422 e. The van der Waals surface area contributed by atoms with Crippen LogP contribution in [0, 0.1) is 5.82 Å². The average molecular weight is 485 g/mol. The van der Waals surface area contributed by atoms with Gasteiger partial charge in [0.25, 0.3) is 5.56 Å². The topological polar surface area (TPSA) is 88.2 Å². The Morgan fingerprint density at radius 2 is 1.61 bits per heavy atom. The number of nitrogens with zero attached hydrogens (tertiary/aromatic N) is 5. The fourth-order valence-electron chi connectivity index (χ4n) is 4.86. The predicted octanol–water partition coefficient (Wildman–Crippen LogP) is 4.25. The fraction of sp³-hybridized carbons (Fsp3) is 0.222. The Balaban J connectivity index is 1.23. The summed E-state index contributed by atoms with van der Waals surface area (Å²) >= 11 is 0. The molecule has 3 aromatic carbocycles. The molecule has 0 amide bonds. The lowest BCUT2D eigenvalue weighted by molar-refractivity contribution is 0.178. The number of hydrogen-bond donors (Lipinski definition) is 2. The van der Waals surface area contributed by atoms with Crippen LogP contribution < -0.4 is 15.8 Å². The number of imidazole rings is 1. The predicted molar refractivity (Wildman–Crippen MR) is 137 cm³/mol. The molecule has 2 N–H and O–H groups in total. The van der Waals surface area contributed by atoms with Gasteiger partial charge < -0.3 is 20.0 Å². The van der Waals surface area contributed by atoms with Crippen LogP contribution in [0.25, 0.3) is 21.9 Å². The van der Waals surface area contributed by atoms with E-state index in [9.17, 15) is 14.4 Å². The third-order valence-corrected chi connectivity index (χ3v) is 6.75. The quantitative estimate of drug-likeness (QED) is 0.363. The van der Waals surface area contributed by atoms with E-state index in [1.165, 1.54) is 12.1 Å². The number of anilines is 2. The van der Waals surface area contributed by atoms with Gasteiger partial charge in [-0.05, 0) is 54.8 Å². The molecule has 9 heteroatoms. The lowest BCUT2D eigenvalue weighted by Crippen LogP contribution is -2.41. The first kappa shape index (κ1) is 22.1. The van der Waals surface area contributed by atoms with Gasteiger partial charge in [0.05, 0.1) is 28.5 Å². The molecule has 36 heavy (non-hydrogen) atoms. The summed E-state index contributed by atoms with van der Waals surface area (Å²) in [4.78, 5) is 24.1. The Labute approximate surface area is 206 Å². The normalized spacial score (nSPS) is 14.5. The Bertz CT molecular complexity index is 1600. The van der Waals surface area contributed by atoms with E-state index in [2.05, 4.69) is 25.8 Å². The van der Waals surface area contributed by atoms with Crippen LogP contribution in [-0.2, 0) is 6.54 Å². The van der Waals surface area contributed by atoms with E-state index in [-0.39, 0.29) is 17.8 Å². The first-order chi connectivity index (χ1) is 17.6. The van der Waals surface area contributed by atoms with Gasteiger partial charge in [-0.2, -0.15) is 0 Å². The van der Waals surface area contributed by atoms with Crippen LogP contribution in [0.3, 0.4) is 0 Å². The lowest BCUT2D eigenvalue weighted by Gasteiger charge is -2.33. The van der Waals surface area contributed by atoms with Gasteiger partial charge in [-0.15, -0.1) is 4.73 Å². The van der Waals surface area contributed by atoms with Gasteiger partial charge in [-0.1, -0.05) is 36.4 Å². The number of benzene rings is 3. The first-order valence-corrected chi connectivity index (χ1v) is 12.0. The summed E-state index contributed by atoms with van der Waals surface area (Å²) in [5, 5.41) is 14.0. The lowest BCUT2D eigenvalue weighted by atomic mass is 10.1. The van der Waals surface area contributed by atoms with Crippen molar-refractivity contribution in [2.75, 3.05) is 23.3 Å². The number of nitrogens with one attached hydrogen (secondary N) is 1. The highest BCUT2D eigenvalue weighted by molar-refractivity contribution is 5.79. The zero-order valence-electron chi connectivity index (χ0n) is 19.5. The smallest absolute Gasteiger partial charge is 0.295 e. The number of piperidine rings is 1. The van der Waals surface area contributed by atoms with Gasteiger partial charge in [0.1, 0.15) is 5.82 Å². The SMILES string of the molecule is O=c1c2ccccc2nc(NC2CCN(c3nc4ccccc4n3Cc3ccc(F)cc3)CC2)n1O. The molecule has 6 rings (SSSR count). The molecular weight excluding hydrogens is 459 g/mol. The van der Waals surface area contributed by atoms with Crippen LogP contribution in [0.1, 0.15) is 18.4 Å². The zero-order valence-corrected chi connectivity index (χ0v) is 19.5. The van der Waals surface area contributed by atoms with Crippen molar-refractivity contribution < 1.29 is 9.60 Å². The van der Waals surface area contributed by atoms with Crippen molar-refractivity contribution in [3.05, 3.63) is 94.5 Å². The molecule has 0 bridgehead atoms. The number of fused-ring (bicyclic) bond motifs is 2. The maximum Gasteiger partial charge on any atom is 0.295 e. The first-order valence-electron chi connectivity index (χ1n) is 12.0. The molecule has 5 aromatic rings. The Morgan fingerprint density at radius 3 is 2.39 bits per heavy atom. The molecule has 1 fully saturated rings. The van der Waals surface area contributed by atoms with Crippen LogP contribution in [0.15, 0.2) is 77.6 Å². The van der Waals surface area contributed by atoms with Crippen molar-refractivity contribution in [1.82, 2.24) is 19.3 Å². The van der Waals surface area contributed by atoms with Crippen molar-refractivity contribution in [3.8, 4) is 0 Å². The second-order valence-corrected chi connectivity index (χ2v) is 9.09.